The highest BCUT2D eigenvalue weighted by Gasteiger charge is 2.50. The zero-order chi connectivity index (χ0) is 93.5. The molecule has 0 bridgehead atoms. The summed E-state index contributed by atoms with van der Waals surface area (Å²) in [5, 5.41) is 20.1. The van der Waals surface area contributed by atoms with Gasteiger partial charge in [-0.25, -0.2) is 22.8 Å². The van der Waals surface area contributed by atoms with Crippen LogP contribution < -0.4 is 32.3 Å². The predicted octanol–water partition coefficient (Wildman–Crippen LogP) is 12.3. The third-order valence-corrected chi connectivity index (χ3v) is 25.1. The molecule has 15 rings (SSSR count). The van der Waals surface area contributed by atoms with Gasteiger partial charge in [0.15, 0.2) is 0 Å². The van der Waals surface area contributed by atoms with E-state index in [1.807, 2.05) is 121 Å². The highest BCUT2D eigenvalue weighted by Crippen LogP contribution is 2.40. The second-order valence-corrected chi connectivity index (χ2v) is 37.3. The molecular formula is C103H121F3N12O13. The van der Waals surface area contributed by atoms with E-state index in [9.17, 15) is 65.9 Å². The Morgan fingerprint density at radius 2 is 0.611 bits per heavy atom. The van der Waals surface area contributed by atoms with Gasteiger partial charge >= 0.3 is 12.2 Å². The molecule has 3 saturated heterocycles. The summed E-state index contributed by atoms with van der Waals surface area (Å²) in [6.07, 6.45) is 7.42. The molecule has 11 amide bonds. The second-order valence-electron chi connectivity index (χ2n) is 37.3. The predicted molar refractivity (Wildman–Crippen MR) is 495 cm³/mol. The first-order valence-electron chi connectivity index (χ1n) is 45.6. The van der Waals surface area contributed by atoms with Crippen LogP contribution in [0, 0.1) is 35.2 Å². The van der Waals surface area contributed by atoms with Crippen LogP contribution in [0.3, 0.4) is 0 Å². The Balaban J connectivity index is 0.000000168. The van der Waals surface area contributed by atoms with Gasteiger partial charge in [-0.3, -0.25) is 43.2 Å². The molecular weight excluding hydrogens is 1670 g/mol. The van der Waals surface area contributed by atoms with E-state index < -0.39 is 101 Å². The number of rotatable bonds is 29. The van der Waals surface area contributed by atoms with Gasteiger partial charge in [-0.05, 0) is 187 Å². The lowest BCUT2D eigenvalue weighted by atomic mass is 9.96. The van der Waals surface area contributed by atoms with Gasteiger partial charge < -0.3 is 71.2 Å². The maximum Gasteiger partial charge on any atom is 0.408 e. The van der Waals surface area contributed by atoms with Crippen molar-refractivity contribution in [1.29, 1.82) is 0 Å². The summed E-state index contributed by atoms with van der Waals surface area (Å²) in [4.78, 5) is 159. The number of ether oxygens (including phenoxy) is 2. The molecule has 0 spiro atoms. The lowest BCUT2D eigenvalue weighted by molar-refractivity contribution is -0.157. The molecule has 692 valence electrons. The minimum Gasteiger partial charge on any atom is -0.444 e. The standard InChI is InChI=1S/2C36H43FN4O5.C31H35FN4O3/c2*1-36(2,3)46-35(45)39-29(20-23-12-15-28(37)16-13-23)33(43)41-18-17-40(34(44)31(41)21-24-9-10-24)30(32(42)38-4)22-25-11-14-26-7-5-6-8-27(26)19-25;1-34-29(37)27(19-22-8-11-23-4-2-3-5-24(23)16-22)35-14-15-36(28(31(35)39)18-21-6-7-21)30(38)26(33)17-20-9-12-25(32)13-10-20/h2*5-8,11-16,19,24,29-31H,9-10,17-18,20-22H2,1-4H3,(H,38,42)(H,39,45);2-5,8-13,16,21,26-28H,6-7,14-15,17-19,33H2,1H3,(H,34,37)/t2*29-,30+,31+;26-,27+,28+/m111/s1. The number of likely N-dealkylation sites (N-methyl/N-ethyl adjacent to an activating group) is 3. The number of amides is 11. The topological polar surface area (TPSA) is 312 Å². The number of carbonyl (C=O) groups is 11. The van der Waals surface area contributed by atoms with Gasteiger partial charge in [0.25, 0.3) is 0 Å². The van der Waals surface area contributed by atoms with Crippen molar-refractivity contribution < 1.29 is 75.4 Å². The molecule has 9 aromatic rings. The number of halogens is 3. The van der Waals surface area contributed by atoms with Crippen LogP contribution in [-0.2, 0) is 91.1 Å². The van der Waals surface area contributed by atoms with Crippen LogP contribution in [0.25, 0.3) is 32.3 Å². The molecule has 3 saturated carbocycles. The first-order valence-corrected chi connectivity index (χ1v) is 45.6. The number of carbonyl (C=O) groups excluding carboxylic acids is 11. The van der Waals surface area contributed by atoms with Gasteiger partial charge in [0.05, 0.1) is 6.04 Å². The molecule has 9 atom stereocenters. The van der Waals surface area contributed by atoms with Crippen molar-refractivity contribution in [2.24, 2.45) is 23.5 Å². The van der Waals surface area contributed by atoms with Crippen LogP contribution in [0.1, 0.15) is 133 Å². The Hall–Kier alpha value is -12.7. The molecule has 0 radical (unpaired) electrons. The van der Waals surface area contributed by atoms with E-state index in [0.29, 0.717) is 74.0 Å². The van der Waals surface area contributed by atoms with Gasteiger partial charge in [0.1, 0.15) is 77.0 Å². The average Bonchev–Trinajstić information content (AvgIpc) is 1.77. The van der Waals surface area contributed by atoms with E-state index >= 15 is 0 Å². The monoisotopic (exact) mass is 1790 g/mol. The maximum atomic E-state index is 14.3. The number of benzene rings is 9. The third-order valence-electron chi connectivity index (χ3n) is 25.1. The number of nitrogens with zero attached hydrogens (tertiary/aromatic N) is 6. The fourth-order valence-corrected chi connectivity index (χ4v) is 17.7. The van der Waals surface area contributed by atoms with Crippen molar-refractivity contribution in [3.05, 3.63) is 251 Å². The first-order chi connectivity index (χ1) is 62.7. The van der Waals surface area contributed by atoms with Crippen molar-refractivity contribution >= 4 is 97.7 Å². The summed E-state index contributed by atoms with van der Waals surface area (Å²) < 4.78 is 51.5. The quantitative estimate of drug-likeness (QED) is 0.0254. The lowest BCUT2D eigenvalue weighted by Crippen LogP contribution is -2.65. The Morgan fingerprint density at radius 1 is 0.351 bits per heavy atom. The number of alkyl carbamates (subject to hydrolysis) is 2. The van der Waals surface area contributed by atoms with Crippen molar-refractivity contribution in [2.75, 3.05) is 60.4 Å². The SMILES string of the molecule is CNC(=O)[C@H](Cc1ccc2ccccc2c1)N1CCN(C(=O)[C@@H](Cc2ccc(F)cc2)NC(=O)OC(C)(C)C)[C@@H](CC2CC2)C1=O.CNC(=O)[C@H](Cc1ccc2ccccc2c1)N1CCN(C(=O)[C@@H](Cc2ccc(F)cc2)NC(=O)OC(C)(C)C)[C@@H](CC2CC2)C1=O.CNC(=O)[C@H](Cc1ccc2ccccc2c1)N1CCN(C(=O)[C@H](N)Cc2ccc(F)cc2)[C@@H](CC2CC2)C1=O. The Kier molecular flexibility index (Phi) is 31.4. The van der Waals surface area contributed by atoms with Crippen molar-refractivity contribution in [1.82, 2.24) is 56.0 Å². The van der Waals surface area contributed by atoms with Gasteiger partial charge in [0.2, 0.25) is 53.2 Å². The van der Waals surface area contributed by atoms with Crippen molar-refractivity contribution in [2.45, 2.75) is 203 Å². The summed E-state index contributed by atoms with van der Waals surface area (Å²) in [6.45, 7) is 11.7. The Labute approximate surface area is 763 Å². The van der Waals surface area contributed by atoms with E-state index in [0.717, 1.165) is 93.1 Å². The van der Waals surface area contributed by atoms with Crippen LogP contribution in [0.5, 0.6) is 0 Å². The van der Waals surface area contributed by atoms with E-state index in [1.54, 1.807) is 128 Å². The van der Waals surface area contributed by atoms with Crippen molar-refractivity contribution in [3.63, 3.8) is 0 Å². The van der Waals surface area contributed by atoms with Crippen molar-refractivity contribution in [3.8, 4) is 0 Å². The Bertz CT molecular complexity index is 5370. The van der Waals surface area contributed by atoms with Gasteiger partial charge in [0, 0.05) is 92.5 Å². The molecule has 131 heavy (non-hydrogen) atoms. The summed E-state index contributed by atoms with van der Waals surface area (Å²) in [5.74, 6) is -2.82. The zero-order valence-corrected chi connectivity index (χ0v) is 76.0. The molecule has 0 unspecified atom stereocenters. The molecule has 6 fully saturated rings. The normalized spacial score (nSPS) is 18.5. The molecule has 3 aliphatic heterocycles. The van der Waals surface area contributed by atoms with Gasteiger partial charge in [-0.2, -0.15) is 0 Å². The van der Waals surface area contributed by atoms with Gasteiger partial charge in [-0.1, -0.05) is 202 Å². The molecule has 3 aliphatic carbocycles. The number of nitrogens with two attached hydrogens (primary N) is 1. The van der Waals surface area contributed by atoms with Crippen LogP contribution >= 0.6 is 0 Å². The molecule has 9 aromatic carbocycles. The molecule has 7 N–H and O–H groups in total. The number of hydrogen-bond donors (Lipinski definition) is 6. The number of piperazine rings is 3. The number of fused-ring (bicyclic) bond motifs is 3. The molecule has 3 heterocycles. The highest BCUT2D eigenvalue weighted by molar-refractivity contribution is 5.98. The zero-order valence-electron chi connectivity index (χ0n) is 76.0. The highest BCUT2D eigenvalue weighted by atomic mass is 19.1. The van der Waals surface area contributed by atoms with Crippen LogP contribution in [0.15, 0.2) is 200 Å². The number of nitrogens with one attached hydrogen (secondary N) is 5. The third kappa shape index (κ3) is 25.9. The largest absolute Gasteiger partial charge is 0.444 e. The van der Waals surface area contributed by atoms with E-state index in [-0.39, 0.29) is 99.2 Å². The van der Waals surface area contributed by atoms with Gasteiger partial charge in [-0.15, -0.1) is 0 Å². The summed E-state index contributed by atoms with van der Waals surface area (Å²) in [7, 11) is 4.70. The van der Waals surface area contributed by atoms with E-state index in [1.165, 1.54) is 36.4 Å². The summed E-state index contributed by atoms with van der Waals surface area (Å²) in [6, 6.07) is 52.2. The van der Waals surface area contributed by atoms with Crippen LogP contribution in [-0.4, -0.2) is 221 Å². The minimum atomic E-state index is -1.05. The second kappa shape index (κ2) is 42.9. The first kappa shape index (κ1) is 95.9. The van der Waals surface area contributed by atoms with E-state index in [4.69, 9.17) is 15.2 Å². The van der Waals surface area contributed by atoms with Crippen LogP contribution in [0.2, 0.25) is 0 Å². The molecule has 6 aliphatic rings. The Morgan fingerprint density at radius 3 is 0.878 bits per heavy atom. The fourth-order valence-electron chi connectivity index (χ4n) is 17.7. The summed E-state index contributed by atoms with van der Waals surface area (Å²) >= 11 is 0. The fraction of sp³-hybridized carbons (Fsp3) is 0.427. The minimum absolute atomic E-state index is 0.0890. The molecule has 25 nitrogen and oxygen atoms in total. The number of hydrogen-bond acceptors (Lipinski definition) is 14. The smallest absolute Gasteiger partial charge is 0.408 e. The van der Waals surface area contributed by atoms with E-state index in [2.05, 4.69) is 32.7 Å². The maximum absolute atomic E-state index is 14.3. The van der Waals surface area contributed by atoms with Crippen LogP contribution in [0.4, 0.5) is 22.8 Å². The molecule has 28 heteroatoms. The summed E-state index contributed by atoms with van der Waals surface area (Å²) in [5.41, 5.74) is 9.61. The molecule has 0 aromatic heterocycles. The average molecular weight is 1790 g/mol. The lowest BCUT2D eigenvalue weighted by Gasteiger charge is -2.44.